The first-order valence-corrected chi connectivity index (χ1v) is 12.1. The summed E-state index contributed by atoms with van der Waals surface area (Å²) in [6.45, 7) is 3.66. The normalized spacial score (nSPS) is 11.6. The van der Waals surface area contributed by atoms with Crippen LogP contribution < -0.4 is 5.32 Å². The SMILES string of the molecule is Cc1snc(-c2ccc(-c3ccc(CC(=O)O)cc3)cc2)c1NC(=O)OC(C)c1ccccc1Cl. The number of benzene rings is 3. The molecule has 178 valence electrons. The number of amides is 1. The molecule has 0 saturated carbocycles. The second kappa shape index (κ2) is 10.7. The van der Waals surface area contributed by atoms with E-state index in [1.807, 2.05) is 73.7 Å². The number of rotatable bonds is 7. The minimum atomic E-state index is -0.854. The number of aliphatic carboxylic acids is 1. The summed E-state index contributed by atoms with van der Waals surface area (Å²) in [5, 5.41) is 12.3. The molecule has 2 N–H and O–H groups in total. The van der Waals surface area contributed by atoms with E-state index in [-0.39, 0.29) is 6.42 Å². The first-order chi connectivity index (χ1) is 16.8. The number of ether oxygens (including phenoxy) is 1. The summed E-state index contributed by atoms with van der Waals surface area (Å²) in [5.74, 6) is -0.854. The van der Waals surface area contributed by atoms with Crippen molar-refractivity contribution in [2.24, 2.45) is 0 Å². The molecule has 6 nitrogen and oxygen atoms in total. The van der Waals surface area contributed by atoms with Crippen molar-refractivity contribution in [1.29, 1.82) is 0 Å². The van der Waals surface area contributed by atoms with Crippen molar-refractivity contribution < 1.29 is 19.4 Å². The molecule has 1 amide bonds. The topological polar surface area (TPSA) is 88.5 Å². The Bertz CT molecular complexity index is 1350. The smallest absolute Gasteiger partial charge is 0.412 e. The lowest BCUT2D eigenvalue weighted by Crippen LogP contribution is -2.16. The van der Waals surface area contributed by atoms with Crippen LogP contribution in [0.15, 0.2) is 72.8 Å². The maximum absolute atomic E-state index is 12.6. The van der Waals surface area contributed by atoms with Crippen LogP contribution in [0, 0.1) is 6.92 Å². The van der Waals surface area contributed by atoms with Gasteiger partial charge in [0.15, 0.2) is 0 Å². The minimum Gasteiger partial charge on any atom is -0.481 e. The second-order valence-corrected chi connectivity index (χ2v) is 9.39. The van der Waals surface area contributed by atoms with E-state index in [1.165, 1.54) is 11.5 Å². The van der Waals surface area contributed by atoms with Crippen LogP contribution in [-0.4, -0.2) is 21.5 Å². The molecule has 3 aromatic carbocycles. The Morgan fingerprint density at radius 2 is 1.60 bits per heavy atom. The Balaban J connectivity index is 1.48. The summed E-state index contributed by atoms with van der Waals surface area (Å²) in [6, 6.07) is 22.5. The molecular formula is C27H23ClN2O4S. The highest BCUT2D eigenvalue weighted by atomic mass is 35.5. The summed E-state index contributed by atoms with van der Waals surface area (Å²) in [5.41, 5.74) is 5.59. The standard InChI is InChI=1S/C27H23ClN2O4S/c1-16(22-5-3-4-6-23(22)28)34-27(33)29-25-17(2)35-30-26(25)21-13-11-20(12-14-21)19-9-7-18(8-10-19)15-24(31)32/h3-14,16H,15H2,1-2H3,(H,29,33)(H,31,32). The van der Waals surface area contributed by atoms with Gasteiger partial charge in [-0.2, -0.15) is 4.37 Å². The zero-order valence-corrected chi connectivity index (χ0v) is 20.7. The van der Waals surface area contributed by atoms with Crippen LogP contribution in [0.4, 0.5) is 10.5 Å². The summed E-state index contributed by atoms with van der Waals surface area (Å²) >= 11 is 7.52. The van der Waals surface area contributed by atoms with Gasteiger partial charge in [-0.15, -0.1) is 0 Å². The first kappa shape index (κ1) is 24.4. The molecule has 0 bridgehead atoms. The lowest BCUT2D eigenvalue weighted by molar-refractivity contribution is -0.136. The van der Waals surface area contributed by atoms with E-state index in [0.29, 0.717) is 16.4 Å². The summed E-state index contributed by atoms with van der Waals surface area (Å²) in [4.78, 5) is 24.4. The molecular weight excluding hydrogens is 484 g/mol. The molecule has 0 spiro atoms. The number of halogens is 1. The van der Waals surface area contributed by atoms with Crippen molar-refractivity contribution in [2.75, 3.05) is 5.32 Å². The van der Waals surface area contributed by atoms with Crippen molar-refractivity contribution in [2.45, 2.75) is 26.4 Å². The van der Waals surface area contributed by atoms with Crippen LogP contribution in [0.5, 0.6) is 0 Å². The fourth-order valence-corrected chi connectivity index (χ4v) is 4.64. The van der Waals surface area contributed by atoms with E-state index >= 15 is 0 Å². The number of hydrogen-bond acceptors (Lipinski definition) is 5. The van der Waals surface area contributed by atoms with Gasteiger partial charge < -0.3 is 9.84 Å². The summed E-state index contributed by atoms with van der Waals surface area (Å²) in [6.07, 6.45) is -1.10. The number of aryl methyl sites for hydroxylation is 1. The Morgan fingerprint density at radius 3 is 2.23 bits per heavy atom. The predicted molar refractivity (Wildman–Crippen MR) is 139 cm³/mol. The Morgan fingerprint density at radius 1 is 1.00 bits per heavy atom. The third-order valence-corrected chi connectivity index (χ3v) is 6.61. The van der Waals surface area contributed by atoms with Gasteiger partial charge >= 0.3 is 12.1 Å². The van der Waals surface area contributed by atoms with Gasteiger partial charge in [0.25, 0.3) is 0 Å². The molecule has 0 aliphatic rings. The van der Waals surface area contributed by atoms with E-state index in [1.54, 1.807) is 13.0 Å². The minimum absolute atomic E-state index is 0.00221. The van der Waals surface area contributed by atoms with Gasteiger partial charge in [0.05, 0.1) is 12.1 Å². The third kappa shape index (κ3) is 5.88. The predicted octanol–water partition coefficient (Wildman–Crippen LogP) is 7.38. The van der Waals surface area contributed by atoms with Crippen molar-refractivity contribution in [3.8, 4) is 22.4 Å². The molecule has 8 heteroatoms. The van der Waals surface area contributed by atoms with Gasteiger partial charge in [0.1, 0.15) is 11.8 Å². The van der Waals surface area contributed by atoms with E-state index in [4.69, 9.17) is 21.4 Å². The zero-order valence-electron chi connectivity index (χ0n) is 19.1. The highest BCUT2D eigenvalue weighted by Crippen LogP contribution is 2.34. The van der Waals surface area contributed by atoms with Crippen molar-refractivity contribution in [3.63, 3.8) is 0 Å². The molecule has 1 atom stereocenters. The van der Waals surface area contributed by atoms with E-state index in [2.05, 4.69) is 9.69 Å². The van der Waals surface area contributed by atoms with Crippen LogP contribution in [0.1, 0.15) is 29.0 Å². The maximum Gasteiger partial charge on any atom is 0.412 e. The lowest BCUT2D eigenvalue weighted by Gasteiger charge is -2.16. The van der Waals surface area contributed by atoms with Gasteiger partial charge in [-0.25, -0.2) is 4.79 Å². The highest BCUT2D eigenvalue weighted by Gasteiger charge is 2.19. The van der Waals surface area contributed by atoms with Gasteiger partial charge in [-0.3, -0.25) is 10.1 Å². The Kier molecular flexibility index (Phi) is 7.48. The van der Waals surface area contributed by atoms with Crippen LogP contribution in [0.2, 0.25) is 5.02 Å². The zero-order chi connectivity index (χ0) is 24.9. The largest absolute Gasteiger partial charge is 0.481 e. The molecule has 1 heterocycles. The fourth-order valence-electron chi connectivity index (χ4n) is 3.69. The van der Waals surface area contributed by atoms with Crippen LogP contribution in [-0.2, 0) is 16.0 Å². The van der Waals surface area contributed by atoms with Gasteiger partial charge in [-0.1, -0.05) is 78.3 Å². The van der Waals surface area contributed by atoms with Gasteiger partial charge in [-0.05, 0) is 48.1 Å². The number of carbonyl (C=O) groups excluding carboxylic acids is 1. The number of carboxylic acids is 1. The second-order valence-electron chi connectivity index (χ2n) is 8.00. The van der Waals surface area contributed by atoms with E-state index < -0.39 is 18.2 Å². The van der Waals surface area contributed by atoms with Crippen molar-refractivity contribution in [1.82, 2.24) is 4.37 Å². The maximum atomic E-state index is 12.6. The number of nitrogens with zero attached hydrogens (tertiary/aromatic N) is 1. The van der Waals surface area contributed by atoms with Crippen LogP contribution >= 0.6 is 23.1 Å². The molecule has 0 saturated heterocycles. The molecule has 0 radical (unpaired) electrons. The number of aromatic nitrogens is 1. The lowest BCUT2D eigenvalue weighted by atomic mass is 10.0. The quantitative estimate of drug-likeness (QED) is 0.273. The Labute approximate surface area is 212 Å². The highest BCUT2D eigenvalue weighted by molar-refractivity contribution is 7.06. The number of carbonyl (C=O) groups is 2. The third-order valence-electron chi connectivity index (χ3n) is 5.52. The van der Waals surface area contributed by atoms with Gasteiger partial charge in [0, 0.05) is 21.0 Å². The molecule has 4 rings (SSSR count). The Hall–Kier alpha value is -3.68. The fraction of sp³-hybridized carbons (Fsp3) is 0.148. The molecule has 1 aromatic heterocycles. The average molecular weight is 507 g/mol. The number of nitrogens with one attached hydrogen (secondary N) is 1. The van der Waals surface area contributed by atoms with Crippen LogP contribution in [0.25, 0.3) is 22.4 Å². The van der Waals surface area contributed by atoms with E-state index in [0.717, 1.165) is 32.7 Å². The summed E-state index contributed by atoms with van der Waals surface area (Å²) in [7, 11) is 0. The monoisotopic (exact) mass is 506 g/mol. The number of hydrogen-bond donors (Lipinski definition) is 2. The number of anilines is 1. The molecule has 35 heavy (non-hydrogen) atoms. The number of carboxylic acid groups (broad SMARTS) is 1. The van der Waals surface area contributed by atoms with Crippen molar-refractivity contribution >= 4 is 40.9 Å². The molecule has 0 aliphatic heterocycles. The molecule has 1 unspecified atom stereocenters. The van der Waals surface area contributed by atoms with Crippen molar-refractivity contribution in [3.05, 3.63) is 93.8 Å². The van der Waals surface area contributed by atoms with E-state index in [9.17, 15) is 9.59 Å². The molecule has 4 aromatic rings. The molecule has 0 fully saturated rings. The molecule has 0 aliphatic carbocycles. The average Bonchev–Trinajstić information content (AvgIpc) is 3.19. The van der Waals surface area contributed by atoms with Crippen LogP contribution in [0.3, 0.4) is 0 Å². The first-order valence-electron chi connectivity index (χ1n) is 10.9. The van der Waals surface area contributed by atoms with Gasteiger partial charge in [0.2, 0.25) is 0 Å². The summed E-state index contributed by atoms with van der Waals surface area (Å²) < 4.78 is 10.1.